The van der Waals surface area contributed by atoms with Gasteiger partial charge in [-0.25, -0.2) is 0 Å². The van der Waals surface area contributed by atoms with Crippen molar-refractivity contribution in [1.82, 2.24) is 10.2 Å². The molecule has 0 aromatic carbocycles. The molecule has 1 heterocycles. The van der Waals surface area contributed by atoms with Crippen molar-refractivity contribution in [3.63, 3.8) is 0 Å². The fourth-order valence-electron chi connectivity index (χ4n) is 3.66. The van der Waals surface area contributed by atoms with E-state index in [-0.39, 0.29) is 0 Å². The highest BCUT2D eigenvalue weighted by molar-refractivity contribution is 4.87. The van der Waals surface area contributed by atoms with Crippen molar-refractivity contribution in [2.24, 2.45) is 5.92 Å². The van der Waals surface area contributed by atoms with Gasteiger partial charge in [-0.05, 0) is 52.1 Å². The van der Waals surface area contributed by atoms with Gasteiger partial charge in [-0.2, -0.15) is 0 Å². The van der Waals surface area contributed by atoms with Crippen LogP contribution in [0.5, 0.6) is 0 Å². The summed E-state index contributed by atoms with van der Waals surface area (Å²) in [6, 6.07) is 2.35. The second-order valence-corrected chi connectivity index (χ2v) is 6.28. The van der Waals surface area contributed by atoms with Crippen LogP contribution in [0, 0.1) is 5.92 Å². The summed E-state index contributed by atoms with van der Waals surface area (Å²) in [4.78, 5) is 2.50. The number of nitrogens with zero attached hydrogens (tertiary/aromatic N) is 1. The van der Waals surface area contributed by atoms with Gasteiger partial charge in [-0.15, -0.1) is 0 Å². The SMILES string of the molecule is CCC1CCCCC1NC1CCN(C)C(C)C1. The monoisotopic (exact) mass is 238 g/mol. The Hall–Kier alpha value is -0.0800. The molecule has 2 fully saturated rings. The third-order valence-electron chi connectivity index (χ3n) is 5.09. The van der Waals surface area contributed by atoms with Gasteiger partial charge < -0.3 is 10.2 Å². The van der Waals surface area contributed by atoms with Gasteiger partial charge in [0.05, 0.1) is 0 Å². The molecule has 0 spiro atoms. The van der Waals surface area contributed by atoms with Crippen LogP contribution in [0.2, 0.25) is 0 Å². The minimum atomic E-state index is 0.755. The maximum absolute atomic E-state index is 3.98. The molecule has 0 bridgehead atoms. The number of piperidine rings is 1. The molecule has 1 saturated heterocycles. The molecule has 0 aromatic rings. The zero-order valence-electron chi connectivity index (χ0n) is 11.9. The molecular formula is C15H30N2. The van der Waals surface area contributed by atoms with E-state index in [4.69, 9.17) is 0 Å². The van der Waals surface area contributed by atoms with Crippen molar-refractivity contribution >= 4 is 0 Å². The molecule has 0 radical (unpaired) electrons. The first-order chi connectivity index (χ1) is 8.20. The highest BCUT2D eigenvalue weighted by Crippen LogP contribution is 2.28. The molecule has 2 heteroatoms. The second-order valence-electron chi connectivity index (χ2n) is 6.28. The molecule has 4 atom stereocenters. The maximum atomic E-state index is 3.98. The van der Waals surface area contributed by atoms with Crippen LogP contribution in [0.4, 0.5) is 0 Å². The van der Waals surface area contributed by atoms with Crippen LogP contribution in [-0.4, -0.2) is 36.6 Å². The molecule has 17 heavy (non-hydrogen) atoms. The Morgan fingerprint density at radius 3 is 2.65 bits per heavy atom. The molecule has 100 valence electrons. The lowest BCUT2D eigenvalue weighted by Gasteiger charge is -2.40. The van der Waals surface area contributed by atoms with Crippen molar-refractivity contribution in [1.29, 1.82) is 0 Å². The summed E-state index contributed by atoms with van der Waals surface area (Å²) in [6.07, 6.45) is 9.81. The molecule has 1 N–H and O–H groups in total. The van der Waals surface area contributed by atoms with E-state index >= 15 is 0 Å². The first-order valence-electron chi connectivity index (χ1n) is 7.67. The topological polar surface area (TPSA) is 15.3 Å². The summed E-state index contributed by atoms with van der Waals surface area (Å²) in [5.41, 5.74) is 0. The molecule has 1 aliphatic carbocycles. The molecule has 0 aromatic heterocycles. The van der Waals surface area contributed by atoms with E-state index in [2.05, 4.69) is 31.1 Å². The van der Waals surface area contributed by atoms with Gasteiger partial charge in [0.25, 0.3) is 0 Å². The number of nitrogens with one attached hydrogen (secondary N) is 1. The summed E-state index contributed by atoms with van der Waals surface area (Å²) in [5, 5.41) is 3.98. The van der Waals surface area contributed by atoms with Gasteiger partial charge >= 0.3 is 0 Å². The van der Waals surface area contributed by atoms with Crippen molar-refractivity contribution in [2.45, 2.75) is 76.9 Å². The summed E-state index contributed by atoms with van der Waals surface area (Å²) in [5.74, 6) is 0.943. The fraction of sp³-hybridized carbons (Fsp3) is 1.00. The minimum absolute atomic E-state index is 0.755. The number of likely N-dealkylation sites (tertiary alicyclic amines) is 1. The van der Waals surface area contributed by atoms with Crippen LogP contribution in [-0.2, 0) is 0 Å². The summed E-state index contributed by atoms with van der Waals surface area (Å²) >= 11 is 0. The molecule has 1 aliphatic heterocycles. The Morgan fingerprint density at radius 2 is 1.94 bits per heavy atom. The van der Waals surface area contributed by atoms with Crippen LogP contribution < -0.4 is 5.32 Å². The quantitative estimate of drug-likeness (QED) is 0.813. The third-order valence-corrected chi connectivity index (χ3v) is 5.09. The normalized spacial score (nSPS) is 40.4. The third kappa shape index (κ3) is 3.45. The Bertz CT molecular complexity index is 229. The van der Waals surface area contributed by atoms with Crippen molar-refractivity contribution in [2.75, 3.05) is 13.6 Å². The lowest BCUT2D eigenvalue weighted by atomic mass is 9.82. The largest absolute Gasteiger partial charge is 0.311 e. The van der Waals surface area contributed by atoms with Crippen LogP contribution in [0.3, 0.4) is 0 Å². The Balaban J connectivity index is 1.83. The van der Waals surface area contributed by atoms with E-state index in [1.165, 1.54) is 51.5 Å². The van der Waals surface area contributed by atoms with E-state index in [1.807, 2.05) is 0 Å². The van der Waals surface area contributed by atoms with E-state index < -0.39 is 0 Å². The molecule has 2 aliphatic rings. The smallest absolute Gasteiger partial charge is 0.00978 e. The molecule has 0 amide bonds. The molecular weight excluding hydrogens is 208 g/mol. The van der Waals surface area contributed by atoms with Gasteiger partial charge in [0.2, 0.25) is 0 Å². The number of hydrogen-bond donors (Lipinski definition) is 1. The van der Waals surface area contributed by atoms with Crippen LogP contribution in [0.15, 0.2) is 0 Å². The Kier molecular flexibility index (Phi) is 4.87. The van der Waals surface area contributed by atoms with E-state index in [0.717, 1.165) is 24.0 Å². The Morgan fingerprint density at radius 1 is 1.18 bits per heavy atom. The molecule has 1 saturated carbocycles. The first kappa shape index (κ1) is 13.4. The number of hydrogen-bond acceptors (Lipinski definition) is 2. The first-order valence-corrected chi connectivity index (χ1v) is 7.67. The number of rotatable bonds is 3. The zero-order chi connectivity index (χ0) is 12.3. The van der Waals surface area contributed by atoms with Crippen molar-refractivity contribution in [3.05, 3.63) is 0 Å². The molecule has 2 rings (SSSR count). The summed E-state index contributed by atoms with van der Waals surface area (Å²) < 4.78 is 0. The van der Waals surface area contributed by atoms with Crippen molar-refractivity contribution < 1.29 is 0 Å². The molecule has 4 unspecified atom stereocenters. The average molecular weight is 238 g/mol. The predicted octanol–water partition coefficient (Wildman–Crippen LogP) is 3.03. The van der Waals surface area contributed by atoms with E-state index in [9.17, 15) is 0 Å². The average Bonchev–Trinajstić information content (AvgIpc) is 2.34. The van der Waals surface area contributed by atoms with Crippen LogP contribution in [0.25, 0.3) is 0 Å². The summed E-state index contributed by atoms with van der Waals surface area (Å²) in [7, 11) is 2.26. The van der Waals surface area contributed by atoms with Crippen molar-refractivity contribution in [3.8, 4) is 0 Å². The minimum Gasteiger partial charge on any atom is -0.311 e. The highest BCUT2D eigenvalue weighted by Gasteiger charge is 2.28. The van der Waals surface area contributed by atoms with E-state index in [1.54, 1.807) is 0 Å². The highest BCUT2D eigenvalue weighted by atomic mass is 15.1. The van der Waals surface area contributed by atoms with Gasteiger partial charge in [-0.1, -0.05) is 26.2 Å². The van der Waals surface area contributed by atoms with Crippen LogP contribution >= 0.6 is 0 Å². The lowest BCUT2D eigenvalue weighted by Crippen LogP contribution is -2.51. The van der Waals surface area contributed by atoms with E-state index in [0.29, 0.717) is 0 Å². The standard InChI is InChI=1S/C15H30N2/c1-4-13-7-5-6-8-15(13)16-14-9-10-17(3)12(2)11-14/h12-16H,4-11H2,1-3H3. The summed E-state index contributed by atoms with van der Waals surface area (Å²) in [6.45, 7) is 6.00. The van der Waals surface area contributed by atoms with Gasteiger partial charge in [0.1, 0.15) is 0 Å². The lowest BCUT2D eigenvalue weighted by molar-refractivity contribution is 0.143. The zero-order valence-corrected chi connectivity index (χ0v) is 11.9. The van der Waals surface area contributed by atoms with Gasteiger partial charge in [0.15, 0.2) is 0 Å². The maximum Gasteiger partial charge on any atom is 0.00978 e. The van der Waals surface area contributed by atoms with Gasteiger partial charge in [-0.3, -0.25) is 0 Å². The van der Waals surface area contributed by atoms with Gasteiger partial charge in [0, 0.05) is 18.1 Å². The predicted molar refractivity (Wildman–Crippen MR) is 74.3 cm³/mol. The Labute approximate surface area is 107 Å². The van der Waals surface area contributed by atoms with Crippen LogP contribution in [0.1, 0.15) is 58.8 Å². The fourth-order valence-corrected chi connectivity index (χ4v) is 3.66. The molecule has 2 nitrogen and oxygen atoms in total. The second kappa shape index (κ2) is 6.19.